The molecule has 0 aromatic carbocycles. The zero-order chi connectivity index (χ0) is 14.8. The van der Waals surface area contributed by atoms with Crippen molar-refractivity contribution in [2.75, 3.05) is 0 Å². The summed E-state index contributed by atoms with van der Waals surface area (Å²) in [6, 6.07) is 3.67. The van der Waals surface area contributed by atoms with Gasteiger partial charge >= 0.3 is 0 Å². The lowest BCUT2D eigenvalue weighted by Crippen LogP contribution is -2.51. The van der Waals surface area contributed by atoms with E-state index in [1.807, 2.05) is 12.1 Å². The molecular weight excluding hydrogens is 244 g/mol. The van der Waals surface area contributed by atoms with E-state index in [-0.39, 0.29) is 0 Å². The summed E-state index contributed by atoms with van der Waals surface area (Å²) in [5.74, 6) is 2.93. The summed E-state index contributed by atoms with van der Waals surface area (Å²) >= 11 is 0. The molecule has 0 aliphatic heterocycles. The molecule has 0 amide bonds. The molecule has 20 heavy (non-hydrogen) atoms. The second-order valence-electron chi connectivity index (χ2n) is 8.02. The van der Waals surface area contributed by atoms with Crippen LogP contribution in [0.1, 0.15) is 66.7 Å². The Labute approximate surface area is 125 Å². The van der Waals surface area contributed by atoms with Crippen LogP contribution >= 0.6 is 0 Å². The van der Waals surface area contributed by atoms with Gasteiger partial charge in [0.05, 0.1) is 12.5 Å². The van der Waals surface area contributed by atoms with Gasteiger partial charge in [-0.05, 0) is 53.6 Å². The highest BCUT2D eigenvalue weighted by Crippen LogP contribution is 2.61. The molecule has 3 unspecified atom stereocenters. The van der Waals surface area contributed by atoms with Crippen LogP contribution in [-0.4, -0.2) is 0 Å². The van der Waals surface area contributed by atoms with E-state index in [0.717, 1.165) is 17.8 Å². The third kappa shape index (κ3) is 2.82. The molecule has 3 atom stereocenters. The normalized spacial score (nSPS) is 34.5. The quantitative estimate of drug-likeness (QED) is 0.552. The minimum Gasteiger partial charge on any atom is -0.473 e. The Bertz CT molecular complexity index is 371. The average molecular weight is 276 g/mol. The Kier molecular flexibility index (Phi) is 4.66. The Hall–Kier alpha value is -0.720. The zero-order valence-electron chi connectivity index (χ0n) is 14.0. The predicted molar refractivity (Wildman–Crippen MR) is 85.5 cm³/mol. The molecular formula is C19H32O. The van der Waals surface area contributed by atoms with Crippen molar-refractivity contribution in [2.45, 2.75) is 66.7 Å². The Morgan fingerprint density at radius 3 is 2.05 bits per heavy atom. The first-order chi connectivity index (χ1) is 9.37. The maximum Gasteiger partial charge on any atom is 0.0902 e. The van der Waals surface area contributed by atoms with Gasteiger partial charge < -0.3 is 4.42 Å². The van der Waals surface area contributed by atoms with Gasteiger partial charge in [-0.15, -0.1) is 0 Å². The smallest absolute Gasteiger partial charge is 0.0902 e. The topological polar surface area (TPSA) is 13.1 Å². The van der Waals surface area contributed by atoms with Crippen molar-refractivity contribution in [3.8, 4) is 0 Å². The van der Waals surface area contributed by atoms with Gasteiger partial charge in [0.15, 0.2) is 0 Å². The Morgan fingerprint density at radius 2 is 1.50 bits per heavy atom. The molecule has 114 valence electrons. The highest BCUT2D eigenvalue weighted by molar-refractivity contribution is 5.02. The van der Waals surface area contributed by atoms with Gasteiger partial charge in [0.1, 0.15) is 0 Å². The van der Waals surface area contributed by atoms with E-state index in [9.17, 15) is 0 Å². The molecule has 1 heterocycles. The van der Waals surface area contributed by atoms with Crippen LogP contribution in [0.3, 0.4) is 0 Å². The molecule has 0 bridgehead atoms. The van der Waals surface area contributed by atoms with Crippen molar-refractivity contribution in [3.05, 3.63) is 24.7 Å². The van der Waals surface area contributed by atoms with Crippen molar-refractivity contribution < 1.29 is 4.42 Å². The monoisotopic (exact) mass is 276 g/mol. The summed E-state index contributed by atoms with van der Waals surface area (Å²) in [4.78, 5) is 0. The lowest BCUT2D eigenvalue weighted by molar-refractivity contribution is -0.0996. The maximum absolute atomic E-state index is 4.58. The number of rotatable bonds is 0. The first-order valence-electron chi connectivity index (χ1n) is 8.34. The van der Waals surface area contributed by atoms with E-state index in [0.29, 0.717) is 10.8 Å². The van der Waals surface area contributed by atoms with E-state index >= 15 is 0 Å². The number of furan rings is 1. The fraction of sp³-hybridized carbons (Fsp3) is 0.789. The summed E-state index contributed by atoms with van der Waals surface area (Å²) in [5, 5.41) is 0. The summed E-state index contributed by atoms with van der Waals surface area (Å²) in [5.41, 5.74) is 1.06. The second kappa shape index (κ2) is 5.95. The first kappa shape index (κ1) is 15.7. The van der Waals surface area contributed by atoms with Crippen LogP contribution in [0.4, 0.5) is 0 Å². The van der Waals surface area contributed by atoms with Crippen molar-refractivity contribution in [2.24, 2.45) is 28.6 Å². The molecule has 1 heteroatoms. The summed E-state index contributed by atoms with van der Waals surface area (Å²) in [6.45, 7) is 12.6. The predicted octanol–water partition coefficient (Wildman–Crippen LogP) is 6.16. The number of fused-ring (bicyclic) bond motifs is 1. The van der Waals surface area contributed by atoms with Gasteiger partial charge in [-0.3, -0.25) is 0 Å². The molecule has 0 N–H and O–H groups in total. The van der Waals surface area contributed by atoms with Crippen LogP contribution < -0.4 is 0 Å². The fourth-order valence-electron chi connectivity index (χ4n) is 4.53. The molecule has 3 rings (SSSR count). The molecule has 2 fully saturated rings. The molecule has 2 aliphatic rings. The second-order valence-corrected chi connectivity index (χ2v) is 8.02. The minimum atomic E-state index is 0.519. The molecule has 2 aliphatic carbocycles. The maximum atomic E-state index is 4.58. The Balaban J connectivity index is 0.000000247. The largest absolute Gasteiger partial charge is 0.473 e. The molecule has 0 radical (unpaired) electrons. The van der Waals surface area contributed by atoms with E-state index in [1.165, 1.54) is 32.1 Å². The van der Waals surface area contributed by atoms with Crippen molar-refractivity contribution >= 4 is 0 Å². The molecule has 0 saturated heterocycles. The number of hydrogen-bond donors (Lipinski definition) is 0. The third-order valence-electron chi connectivity index (χ3n) is 6.81. The van der Waals surface area contributed by atoms with Gasteiger partial charge in [0.25, 0.3) is 0 Å². The third-order valence-corrected chi connectivity index (χ3v) is 6.81. The average Bonchev–Trinajstić information content (AvgIpc) is 2.96. The Morgan fingerprint density at radius 1 is 0.900 bits per heavy atom. The van der Waals surface area contributed by atoms with Crippen LogP contribution in [0.25, 0.3) is 0 Å². The van der Waals surface area contributed by atoms with Gasteiger partial charge in [-0.2, -0.15) is 0 Å². The first-order valence-corrected chi connectivity index (χ1v) is 8.34. The van der Waals surface area contributed by atoms with Gasteiger partial charge in [0.2, 0.25) is 0 Å². The van der Waals surface area contributed by atoms with E-state index in [4.69, 9.17) is 0 Å². The van der Waals surface area contributed by atoms with E-state index < -0.39 is 0 Å². The summed E-state index contributed by atoms with van der Waals surface area (Å²) in [6.07, 6.45) is 10.7. The fourth-order valence-corrected chi connectivity index (χ4v) is 4.53. The highest BCUT2D eigenvalue weighted by atomic mass is 16.3. The molecule has 1 aromatic rings. The van der Waals surface area contributed by atoms with Crippen molar-refractivity contribution in [1.82, 2.24) is 0 Å². The SMILES string of the molecule is CC1CC2CCCCC2C(C)(C)C1(C)C.c1ccoc1. The van der Waals surface area contributed by atoms with Gasteiger partial charge in [-0.1, -0.05) is 53.9 Å². The van der Waals surface area contributed by atoms with Crippen molar-refractivity contribution in [3.63, 3.8) is 0 Å². The van der Waals surface area contributed by atoms with Crippen LogP contribution in [0, 0.1) is 28.6 Å². The number of hydrogen-bond acceptors (Lipinski definition) is 1. The lowest BCUT2D eigenvalue weighted by atomic mass is 9.46. The molecule has 1 nitrogen and oxygen atoms in total. The highest BCUT2D eigenvalue weighted by Gasteiger charge is 2.52. The van der Waals surface area contributed by atoms with Gasteiger partial charge in [-0.25, -0.2) is 0 Å². The summed E-state index contributed by atoms with van der Waals surface area (Å²) < 4.78 is 4.58. The van der Waals surface area contributed by atoms with Crippen molar-refractivity contribution in [1.29, 1.82) is 0 Å². The standard InChI is InChI=1S/C15H28.C4H4O/c1-11-10-12-8-6-7-9-13(12)15(4,5)14(11,2)3;1-2-4-5-3-1/h11-13H,6-10H2,1-5H3;1-4H. The summed E-state index contributed by atoms with van der Waals surface area (Å²) in [7, 11) is 0. The van der Waals surface area contributed by atoms with Gasteiger partial charge in [0, 0.05) is 0 Å². The van der Waals surface area contributed by atoms with Crippen LogP contribution in [0.15, 0.2) is 29.1 Å². The molecule has 0 spiro atoms. The molecule has 2 saturated carbocycles. The molecule has 1 aromatic heterocycles. The van der Waals surface area contributed by atoms with Crippen LogP contribution in [0.5, 0.6) is 0 Å². The minimum absolute atomic E-state index is 0.519. The lowest BCUT2D eigenvalue weighted by Gasteiger charge is -2.59. The zero-order valence-corrected chi connectivity index (χ0v) is 14.0. The van der Waals surface area contributed by atoms with Crippen LogP contribution in [-0.2, 0) is 0 Å². The van der Waals surface area contributed by atoms with E-state index in [2.05, 4.69) is 39.0 Å². The van der Waals surface area contributed by atoms with Crippen LogP contribution in [0.2, 0.25) is 0 Å². The van der Waals surface area contributed by atoms with E-state index in [1.54, 1.807) is 12.5 Å².